The lowest BCUT2D eigenvalue weighted by Gasteiger charge is -2.16. The van der Waals surface area contributed by atoms with Gasteiger partial charge in [0.1, 0.15) is 5.82 Å². The fraction of sp³-hybridized carbons (Fsp3) is 0.389. The van der Waals surface area contributed by atoms with Crippen LogP contribution in [0.1, 0.15) is 28.0 Å². The molecule has 0 aliphatic carbocycles. The van der Waals surface area contributed by atoms with Gasteiger partial charge in [0.05, 0.1) is 17.8 Å². The average Bonchev–Trinajstić information content (AvgIpc) is 2.89. The van der Waals surface area contributed by atoms with Gasteiger partial charge in [0.15, 0.2) is 0 Å². The molecule has 0 saturated carbocycles. The van der Waals surface area contributed by atoms with E-state index < -0.39 is 0 Å². The molecular weight excluding hydrogens is 302 g/mol. The summed E-state index contributed by atoms with van der Waals surface area (Å²) in [5, 5.41) is 3.29. The average molecular weight is 325 g/mol. The second-order valence-electron chi connectivity index (χ2n) is 6.29. The van der Waals surface area contributed by atoms with Gasteiger partial charge in [-0.25, -0.2) is 4.98 Å². The predicted octanol–water partition coefficient (Wildman–Crippen LogP) is 2.00. The standard InChI is InChI=1S/C18H23N5O/c1-22(2)9-4-10-23-13-16-15(18(23)24)6-7-17(21-16)20-12-14-5-3-8-19-11-14/h3,5-8,11H,4,9-10,12-13H2,1-2H3,(H,20,21). The van der Waals surface area contributed by atoms with E-state index in [-0.39, 0.29) is 5.91 Å². The first-order valence-corrected chi connectivity index (χ1v) is 8.20. The minimum Gasteiger partial charge on any atom is -0.366 e. The maximum Gasteiger partial charge on any atom is 0.256 e. The minimum absolute atomic E-state index is 0.0927. The number of nitrogens with zero attached hydrogens (tertiary/aromatic N) is 4. The lowest BCUT2D eigenvalue weighted by Crippen LogP contribution is -2.27. The van der Waals surface area contributed by atoms with Crippen molar-refractivity contribution < 1.29 is 4.79 Å². The highest BCUT2D eigenvalue weighted by atomic mass is 16.2. The maximum absolute atomic E-state index is 12.4. The number of aromatic nitrogens is 2. The van der Waals surface area contributed by atoms with Gasteiger partial charge in [-0.3, -0.25) is 9.78 Å². The van der Waals surface area contributed by atoms with Crippen molar-refractivity contribution in [2.75, 3.05) is 32.5 Å². The molecule has 24 heavy (non-hydrogen) atoms. The van der Waals surface area contributed by atoms with Gasteiger partial charge >= 0.3 is 0 Å². The molecule has 2 aromatic rings. The van der Waals surface area contributed by atoms with Gasteiger partial charge in [0.25, 0.3) is 5.91 Å². The normalized spacial score (nSPS) is 13.5. The molecule has 3 rings (SSSR count). The van der Waals surface area contributed by atoms with Crippen LogP contribution in [-0.4, -0.2) is 52.9 Å². The van der Waals surface area contributed by atoms with Crippen LogP contribution < -0.4 is 5.32 Å². The van der Waals surface area contributed by atoms with Crippen LogP contribution in [0.25, 0.3) is 0 Å². The molecule has 0 spiro atoms. The molecule has 0 unspecified atom stereocenters. The maximum atomic E-state index is 12.4. The number of anilines is 1. The Balaban J connectivity index is 1.60. The smallest absolute Gasteiger partial charge is 0.256 e. The van der Waals surface area contributed by atoms with Crippen molar-refractivity contribution in [2.45, 2.75) is 19.5 Å². The van der Waals surface area contributed by atoms with Crippen molar-refractivity contribution in [3.8, 4) is 0 Å². The van der Waals surface area contributed by atoms with E-state index in [1.54, 1.807) is 6.20 Å². The number of carbonyl (C=O) groups excluding carboxylic acids is 1. The molecule has 126 valence electrons. The molecule has 1 aliphatic rings. The van der Waals surface area contributed by atoms with Gasteiger partial charge in [-0.2, -0.15) is 0 Å². The third-order valence-corrected chi connectivity index (χ3v) is 4.06. The van der Waals surface area contributed by atoms with Gasteiger partial charge < -0.3 is 15.1 Å². The largest absolute Gasteiger partial charge is 0.366 e. The van der Waals surface area contributed by atoms with E-state index in [1.807, 2.05) is 49.5 Å². The van der Waals surface area contributed by atoms with Crippen molar-refractivity contribution in [1.82, 2.24) is 19.8 Å². The van der Waals surface area contributed by atoms with Gasteiger partial charge in [0, 0.05) is 25.5 Å². The molecule has 2 aromatic heterocycles. The van der Waals surface area contributed by atoms with Crippen LogP contribution in [0.5, 0.6) is 0 Å². The minimum atomic E-state index is 0.0927. The number of nitrogens with one attached hydrogen (secondary N) is 1. The van der Waals surface area contributed by atoms with Crippen LogP contribution in [-0.2, 0) is 13.1 Å². The number of rotatable bonds is 7. The zero-order valence-electron chi connectivity index (χ0n) is 14.2. The molecule has 0 atom stereocenters. The quantitative estimate of drug-likeness (QED) is 0.843. The van der Waals surface area contributed by atoms with Gasteiger partial charge in [-0.15, -0.1) is 0 Å². The topological polar surface area (TPSA) is 61.4 Å². The molecular formula is C18H23N5O. The van der Waals surface area contributed by atoms with E-state index in [2.05, 4.69) is 20.2 Å². The van der Waals surface area contributed by atoms with Gasteiger partial charge in [-0.05, 0) is 50.8 Å². The summed E-state index contributed by atoms with van der Waals surface area (Å²) >= 11 is 0. The number of fused-ring (bicyclic) bond motifs is 1. The Bertz CT molecular complexity index is 702. The first-order chi connectivity index (χ1) is 11.6. The highest BCUT2D eigenvalue weighted by molar-refractivity contribution is 5.98. The Hall–Kier alpha value is -2.47. The van der Waals surface area contributed by atoms with E-state index in [4.69, 9.17) is 0 Å². The fourth-order valence-electron chi connectivity index (χ4n) is 2.79. The van der Waals surface area contributed by atoms with Crippen LogP contribution in [0, 0.1) is 0 Å². The second-order valence-corrected chi connectivity index (χ2v) is 6.29. The first kappa shape index (κ1) is 16.4. The number of hydrogen-bond donors (Lipinski definition) is 1. The Morgan fingerprint density at radius 1 is 1.29 bits per heavy atom. The van der Waals surface area contributed by atoms with Crippen LogP contribution in [0.3, 0.4) is 0 Å². The molecule has 0 fully saturated rings. The fourth-order valence-corrected chi connectivity index (χ4v) is 2.79. The zero-order valence-corrected chi connectivity index (χ0v) is 14.2. The predicted molar refractivity (Wildman–Crippen MR) is 93.7 cm³/mol. The molecule has 1 N–H and O–H groups in total. The summed E-state index contributed by atoms with van der Waals surface area (Å²) < 4.78 is 0. The molecule has 1 amide bonds. The van der Waals surface area contributed by atoms with Gasteiger partial charge in [0.2, 0.25) is 0 Å². The lowest BCUT2D eigenvalue weighted by atomic mass is 10.2. The van der Waals surface area contributed by atoms with Crippen molar-refractivity contribution in [1.29, 1.82) is 0 Å². The third kappa shape index (κ3) is 3.89. The highest BCUT2D eigenvalue weighted by Gasteiger charge is 2.28. The number of pyridine rings is 2. The lowest BCUT2D eigenvalue weighted by molar-refractivity contribution is 0.0773. The molecule has 0 radical (unpaired) electrons. The summed E-state index contributed by atoms with van der Waals surface area (Å²) in [6, 6.07) is 7.68. The summed E-state index contributed by atoms with van der Waals surface area (Å²) in [5.74, 6) is 0.885. The van der Waals surface area contributed by atoms with E-state index in [9.17, 15) is 4.79 Å². The zero-order chi connectivity index (χ0) is 16.9. The summed E-state index contributed by atoms with van der Waals surface area (Å²) in [4.78, 5) is 25.1. The summed E-state index contributed by atoms with van der Waals surface area (Å²) in [6.07, 6.45) is 4.56. The Morgan fingerprint density at radius 3 is 2.92 bits per heavy atom. The number of amides is 1. The van der Waals surface area contributed by atoms with Crippen molar-refractivity contribution in [3.63, 3.8) is 0 Å². The van der Waals surface area contributed by atoms with E-state index in [1.165, 1.54) is 0 Å². The summed E-state index contributed by atoms with van der Waals surface area (Å²) in [5.41, 5.74) is 2.69. The molecule has 1 aliphatic heterocycles. The Labute approximate surface area is 142 Å². The number of carbonyl (C=O) groups is 1. The summed E-state index contributed by atoms with van der Waals surface area (Å²) in [7, 11) is 4.09. The SMILES string of the molecule is CN(C)CCCN1Cc2nc(NCc3cccnc3)ccc2C1=O. The molecule has 6 nitrogen and oxygen atoms in total. The van der Waals surface area contributed by atoms with Crippen molar-refractivity contribution in [2.24, 2.45) is 0 Å². The van der Waals surface area contributed by atoms with E-state index in [0.29, 0.717) is 13.1 Å². The second kappa shape index (κ2) is 7.40. The van der Waals surface area contributed by atoms with Crippen LogP contribution in [0.2, 0.25) is 0 Å². The van der Waals surface area contributed by atoms with E-state index >= 15 is 0 Å². The van der Waals surface area contributed by atoms with Crippen molar-refractivity contribution in [3.05, 3.63) is 53.5 Å². The summed E-state index contributed by atoms with van der Waals surface area (Å²) in [6.45, 7) is 3.02. The molecule has 0 aromatic carbocycles. The highest BCUT2D eigenvalue weighted by Crippen LogP contribution is 2.23. The number of hydrogen-bond acceptors (Lipinski definition) is 5. The van der Waals surface area contributed by atoms with Crippen molar-refractivity contribution >= 4 is 11.7 Å². The third-order valence-electron chi connectivity index (χ3n) is 4.06. The molecule has 0 saturated heterocycles. The molecule has 6 heteroatoms. The molecule has 0 bridgehead atoms. The van der Waals surface area contributed by atoms with Gasteiger partial charge in [-0.1, -0.05) is 6.07 Å². The first-order valence-electron chi connectivity index (χ1n) is 8.20. The van der Waals surface area contributed by atoms with Crippen LogP contribution >= 0.6 is 0 Å². The van der Waals surface area contributed by atoms with Crippen LogP contribution in [0.4, 0.5) is 5.82 Å². The monoisotopic (exact) mass is 325 g/mol. The van der Waals surface area contributed by atoms with E-state index in [0.717, 1.165) is 42.1 Å². The van der Waals surface area contributed by atoms with Crippen LogP contribution in [0.15, 0.2) is 36.7 Å². The Morgan fingerprint density at radius 2 is 2.17 bits per heavy atom. The molecule has 3 heterocycles. The Kier molecular flexibility index (Phi) is 5.05.